The van der Waals surface area contributed by atoms with Crippen LogP contribution in [0.4, 0.5) is 0 Å². The molecule has 7 heteroatoms. The van der Waals surface area contributed by atoms with Crippen LogP contribution in [-0.4, -0.2) is 33.7 Å². The minimum absolute atomic E-state index is 0.133. The van der Waals surface area contributed by atoms with E-state index in [0.717, 1.165) is 31.4 Å². The van der Waals surface area contributed by atoms with Crippen LogP contribution in [0.1, 0.15) is 110 Å². The number of unbranched alkanes of at least 4 members (excludes halogenated alkanes) is 12. The summed E-state index contributed by atoms with van der Waals surface area (Å²) in [6.45, 7) is 1.63. The van der Waals surface area contributed by atoms with Gasteiger partial charge in [0.05, 0.1) is 0 Å². The minimum atomic E-state index is -0.494. The fourth-order valence-electron chi connectivity index (χ4n) is 3.34. The molecule has 166 valence electrons. The number of carbonyl (C=O) groups excluding carboxylic acids is 4. The molecule has 0 radical (unpaired) electrons. The number of rotatable bonds is 17. The van der Waals surface area contributed by atoms with Gasteiger partial charge in [0, 0.05) is 31.9 Å². The Morgan fingerprint density at radius 1 is 0.759 bits per heavy atom. The van der Waals surface area contributed by atoms with Gasteiger partial charge >= 0.3 is 5.97 Å². The van der Waals surface area contributed by atoms with Crippen molar-refractivity contribution in [1.82, 2.24) is 5.06 Å². The van der Waals surface area contributed by atoms with Crippen LogP contribution in [0.5, 0.6) is 0 Å². The third-order valence-corrected chi connectivity index (χ3v) is 5.93. The molecular formula is C22H37NO5S. The second-order valence-corrected chi connectivity index (χ2v) is 9.00. The van der Waals surface area contributed by atoms with Gasteiger partial charge in [-0.15, -0.1) is 5.06 Å². The van der Waals surface area contributed by atoms with Gasteiger partial charge in [-0.05, 0) is 12.8 Å². The lowest BCUT2D eigenvalue weighted by Gasteiger charge is -2.12. The molecule has 0 bridgehead atoms. The molecule has 1 rings (SSSR count). The Morgan fingerprint density at radius 2 is 1.17 bits per heavy atom. The average Bonchev–Trinajstić information content (AvgIpc) is 2.99. The highest BCUT2D eigenvalue weighted by atomic mass is 32.2. The zero-order chi connectivity index (χ0) is 21.3. The number of imide groups is 1. The van der Waals surface area contributed by atoms with Crippen molar-refractivity contribution in [2.75, 3.05) is 5.75 Å². The first-order valence-corrected chi connectivity index (χ1v) is 12.2. The second kappa shape index (κ2) is 16.4. The molecular weight excluding hydrogens is 390 g/mol. The summed E-state index contributed by atoms with van der Waals surface area (Å²) >= 11 is 1.44. The number of hydrogen-bond donors (Lipinski definition) is 0. The van der Waals surface area contributed by atoms with E-state index in [0.29, 0.717) is 5.06 Å². The SMILES string of the molecule is CC(=O)SCCCCCCCCCCCCCCCC(=O)ON1C(=O)CCC1=O. The molecule has 1 heterocycles. The van der Waals surface area contributed by atoms with Gasteiger partial charge in [-0.1, -0.05) is 82.4 Å². The largest absolute Gasteiger partial charge is 0.333 e. The summed E-state index contributed by atoms with van der Waals surface area (Å²) in [4.78, 5) is 50.1. The lowest BCUT2D eigenvalue weighted by atomic mass is 10.0. The molecule has 0 atom stereocenters. The number of hydrogen-bond acceptors (Lipinski definition) is 6. The lowest BCUT2D eigenvalue weighted by Crippen LogP contribution is -2.31. The van der Waals surface area contributed by atoms with Crippen LogP contribution in [0.15, 0.2) is 0 Å². The molecule has 2 amide bonds. The highest BCUT2D eigenvalue weighted by molar-refractivity contribution is 8.13. The maximum Gasteiger partial charge on any atom is 0.333 e. The number of amides is 2. The van der Waals surface area contributed by atoms with E-state index in [1.807, 2.05) is 0 Å². The number of thioether (sulfide) groups is 1. The predicted molar refractivity (Wildman–Crippen MR) is 115 cm³/mol. The first-order valence-electron chi connectivity index (χ1n) is 11.2. The van der Waals surface area contributed by atoms with Crippen molar-refractivity contribution in [3.05, 3.63) is 0 Å². The maximum atomic E-state index is 11.7. The van der Waals surface area contributed by atoms with Gasteiger partial charge in [0.15, 0.2) is 5.12 Å². The molecule has 1 saturated heterocycles. The number of hydroxylamine groups is 2. The predicted octanol–water partition coefficient (Wildman–Crippen LogP) is 5.33. The summed E-state index contributed by atoms with van der Waals surface area (Å²) in [6.07, 6.45) is 15.9. The van der Waals surface area contributed by atoms with E-state index < -0.39 is 17.8 Å². The Labute approximate surface area is 179 Å². The Balaban J connectivity index is 1.79. The van der Waals surface area contributed by atoms with E-state index in [1.165, 1.54) is 69.5 Å². The normalized spacial score (nSPS) is 13.9. The van der Waals surface area contributed by atoms with Gasteiger partial charge < -0.3 is 4.84 Å². The Morgan fingerprint density at radius 3 is 1.62 bits per heavy atom. The van der Waals surface area contributed by atoms with Crippen molar-refractivity contribution in [1.29, 1.82) is 0 Å². The quantitative estimate of drug-likeness (QED) is 0.230. The van der Waals surface area contributed by atoms with Crippen molar-refractivity contribution in [2.24, 2.45) is 0 Å². The molecule has 0 aliphatic carbocycles. The summed E-state index contributed by atoms with van der Waals surface area (Å²) in [5, 5.41) is 0.844. The molecule has 29 heavy (non-hydrogen) atoms. The van der Waals surface area contributed by atoms with E-state index in [4.69, 9.17) is 4.84 Å². The maximum absolute atomic E-state index is 11.7. The van der Waals surface area contributed by atoms with Gasteiger partial charge in [0.25, 0.3) is 11.8 Å². The van der Waals surface area contributed by atoms with E-state index in [-0.39, 0.29) is 24.4 Å². The smallest absolute Gasteiger partial charge is 0.330 e. The number of nitrogens with zero attached hydrogens (tertiary/aromatic N) is 1. The average molecular weight is 428 g/mol. The van der Waals surface area contributed by atoms with Gasteiger partial charge in [-0.25, -0.2) is 4.79 Å². The van der Waals surface area contributed by atoms with Gasteiger partial charge in [-0.3, -0.25) is 14.4 Å². The Hall–Kier alpha value is -1.37. The molecule has 1 aliphatic rings. The molecule has 0 unspecified atom stereocenters. The van der Waals surface area contributed by atoms with E-state index in [9.17, 15) is 19.2 Å². The minimum Gasteiger partial charge on any atom is -0.330 e. The van der Waals surface area contributed by atoms with Crippen molar-refractivity contribution >= 4 is 34.7 Å². The van der Waals surface area contributed by atoms with Crippen LogP contribution in [0.3, 0.4) is 0 Å². The Bertz CT molecular complexity index is 507. The summed E-state index contributed by atoms with van der Waals surface area (Å²) in [5.41, 5.74) is 0. The highest BCUT2D eigenvalue weighted by Crippen LogP contribution is 2.15. The molecule has 0 aromatic heterocycles. The molecule has 0 saturated carbocycles. The standard InChI is InChI=1S/C22H37NO5S/c1-19(24)29-18-14-12-10-8-6-4-2-3-5-7-9-11-13-15-22(27)28-23-20(25)16-17-21(23)26/h2-18H2,1H3. The zero-order valence-corrected chi connectivity index (χ0v) is 18.7. The van der Waals surface area contributed by atoms with Crippen LogP contribution in [-0.2, 0) is 24.0 Å². The first kappa shape index (κ1) is 25.7. The monoisotopic (exact) mass is 427 g/mol. The molecule has 0 spiro atoms. The number of carbonyl (C=O) groups is 4. The zero-order valence-electron chi connectivity index (χ0n) is 17.9. The lowest BCUT2D eigenvalue weighted by molar-refractivity contribution is -0.197. The van der Waals surface area contributed by atoms with Crippen molar-refractivity contribution in [2.45, 2.75) is 110 Å². The van der Waals surface area contributed by atoms with Crippen LogP contribution in [0, 0.1) is 0 Å². The van der Waals surface area contributed by atoms with Crippen LogP contribution in [0.25, 0.3) is 0 Å². The molecule has 0 N–H and O–H groups in total. The topological polar surface area (TPSA) is 80.8 Å². The van der Waals surface area contributed by atoms with Gasteiger partial charge in [0.2, 0.25) is 0 Å². The second-order valence-electron chi connectivity index (χ2n) is 7.73. The summed E-state index contributed by atoms with van der Waals surface area (Å²) in [5.74, 6) is -0.376. The third kappa shape index (κ3) is 13.5. The van der Waals surface area contributed by atoms with Crippen LogP contribution in [0.2, 0.25) is 0 Å². The molecule has 0 aromatic rings. The van der Waals surface area contributed by atoms with Crippen molar-refractivity contribution in [3.8, 4) is 0 Å². The fraction of sp³-hybridized carbons (Fsp3) is 0.818. The molecule has 0 aromatic carbocycles. The van der Waals surface area contributed by atoms with Crippen molar-refractivity contribution < 1.29 is 24.0 Å². The molecule has 1 aliphatic heterocycles. The van der Waals surface area contributed by atoms with E-state index in [1.54, 1.807) is 6.92 Å². The van der Waals surface area contributed by atoms with Gasteiger partial charge in [0.1, 0.15) is 0 Å². The Kier molecular flexibility index (Phi) is 14.5. The van der Waals surface area contributed by atoms with Gasteiger partial charge in [-0.2, -0.15) is 0 Å². The molecule has 1 fully saturated rings. The summed E-state index contributed by atoms with van der Waals surface area (Å²) < 4.78 is 0. The van der Waals surface area contributed by atoms with Crippen molar-refractivity contribution in [3.63, 3.8) is 0 Å². The van der Waals surface area contributed by atoms with Crippen LogP contribution < -0.4 is 0 Å². The summed E-state index contributed by atoms with van der Waals surface area (Å²) in [6, 6.07) is 0. The first-order chi connectivity index (χ1) is 14.0. The van der Waals surface area contributed by atoms with E-state index >= 15 is 0 Å². The third-order valence-electron chi connectivity index (χ3n) is 5.03. The summed E-state index contributed by atoms with van der Waals surface area (Å²) in [7, 11) is 0. The fourth-order valence-corrected chi connectivity index (χ4v) is 3.97. The molecule has 6 nitrogen and oxygen atoms in total. The highest BCUT2D eigenvalue weighted by Gasteiger charge is 2.32. The van der Waals surface area contributed by atoms with Crippen LogP contribution >= 0.6 is 11.8 Å². The van der Waals surface area contributed by atoms with E-state index in [2.05, 4.69) is 0 Å².